The maximum absolute atomic E-state index is 11.5. The fourth-order valence-corrected chi connectivity index (χ4v) is 2.97. The van der Waals surface area contributed by atoms with E-state index in [4.69, 9.17) is 4.42 Å². The molecule has 1 aromatic carbocycles. The highest BCUT2D eigenvalue weighted by Crippen LogP contribution is 2.32. The zero-order valence-electron chi connectivity index (χ0n) is 12.8. The molecule has 1 aliphatic rings. The van der Waals surface area contributed by atoms with Gasteiger partial charge in [-0.2, -0.15) is 0 Å². The molecule has 122 valence electrons. The lowest BCUT2D eigenvalue weighted by Crippen LogP contribution is -2.17. The molecule has 1 saturated heterocycles. The molecule has 0 atom stereocenters. The molecule has 1 aliphatic heterocycles. The molecule has 24 heavy (non-hydrogen) atoms. The molecular weight excluding hydrogens is 332 g/mol. The van der Waals surface area contributed by atoms with Gasteiger partial charge in [0.15, 0.2) is 0 Å². The Morgan fingerprint density at radius 3 is 2.62 bits per heavy atom. The van der Waals surface area contributed by atoms with Crippen molar-refractivity contribution in [2.45, 2.75) is 13.8 Å². The van der Waals surface area contributed by atoms with Gasteiger partial charge in [0.1, 0.15) is 11.5 Å². The van der Waals surface area contributed by atoms with Crippen molar-refractivity contribution < 1.29 is 18.9 Å². The Balaban J connectivity index is 1.97. The summed E-state index contributed by atoms with van der Waals surface area (Å²) in [5.74, 6) is 0.366. The van der Waals surface area contributed by atoms with Crippen LogP contribution in [0.15, 0.2) is 33.6 Å². The zero-order chi connectivity index (χ0) is 17.4. The summed E-state index contributed by atoms with van der Waals surface area (Å²) >= 11 is 0.797. The smallest absolute Gasteiger partial charge is 0.290 e. The van der Waals surface area contributed by atoms with Crippen LogP contribution in [0, 0.1) is 24.0 Å². The number of amides is 2. The van der Waals surface area contributed by atoms with E-state index in [1.807, 2.05) is 0 Å². The van der Waals surface area contributed by atoms with Crippen LogP contribution in [0.1, 0.15) is 16.9 Å². The van der Waals surface area contributed by atoms with Crippen molar-refractivity contribution in [3.63, 3.8) is 0 Å². The van der Waals surface area contributed by atoms with Crippen LogP contribution < -0.4 is 5.32 Å². The summed E-state index contributed by atoms with van der Waals surface area (Å²) in [7, 11) is 0. The second kappa shape index (κ2) is 5.97. The highest BCUT2D eigenvalue weighted by atomic mass is 32.2. The number of nitro benzene ring substituents is 1. The van der Waals surface area contributed by atoms with E-state index in [0.29, 0.717) is 22.6 Å². The molecule has 1 N–H and O–H groups in total. The van der Waals surface area contributed by atoms with E-state index in [1.54, 1.807) is 32.0 Å². The van der Waals surface area contributed by atoms with E-state index >= 15 is 0 Å². The maximum atomic E-state index is 11.5. The Hall–Kier alpha value is -2.87. The van der Waals surface area contributed by atoms with E-state index in [2.05, 4.69) is 5.32 Å². The molecule has 0 spiro atoms. The van der Waals surface area contributed by atoms with E-state index in [9.17, 15) is 19.7 Å². The van der Waals surface area contributed by atoms with Crippen molar-refractivity contribution in [3.8, 4) is 11.3 Å². The molecule has 8 heteroatoms. The average Bonchev–Trinajstić information content (AvgIpc) is 3.09. The number of rotatable bonds is 3. The SMILES string of the molecule is Cc1cc(-c2ccc(/C=C3\SC(=O)NC3=O)o2)cc([N+](=O)[O-])c1C. The third-order valence-electron chi connectivity index (χ3n) is 3.66. The van der Waals surface area contributed by atoms with Crippen molar-refractivity contribution in [2.24, 2.45) is 0 Å². The molecule has 1 aromatic heterocycles. The third-order valence-corrected chi connectivity index (χ3v) is 4.47. The average molecular weight is 344 g/mol. The van der Waals surface area contributed by atoms with Gasteiger partial charge in [0.2, 0.25) is 0 Å². The van der Waals surface area contributed by atoms with Gasteiger partial charge < -0.3 is 4.42 Å². The fraction of sp³-hybridized carbons (Fsp3) is 0.125. The molecular formula is C16H12N2O5S. The lowest BCUT2D eigenvalue weighted by atomic mass is 10.0. The van der Waals surface area contributed by atoms with Gasteiger partial charge in [-0.3, -0.25) is 25.0 Å². The second-order valence-corrected chi connectivity index (χ2v) is 6.26. The number of nitro groups is 1. The monoisotopic (exact) mass is 344 g/mol. The first-order valence-corrected chi connectivity index (χ1v) is 7.77. The first-order valence-electron chi connectivity index (χ1n) is 6.96. The van der Waals surface area contributed by atoms with Crippen LogP contribution in [0.5, 0.6) is 0 Å². The van der Waals surface area contributed by atoms with Gasteiger partial charge in [-0.15, -0.1) is 0 Å². The molecule has 2 amide bonds. The summed E-state index contributed by atoms with van der Waals surface area (Å²) in [6, 6.07) is 6.57. The molecule has 0 unspecified atom stereocenters. The number of hydrogen-bond acceptors (Lipinski definition) is 6. The minimum atomic E-state index is -0.468. The number of carbonyl (C=O) groups is 2. The van der Waals surface area contributed by atoms with Gasteiger partial charge in [-0.25, -0.2) is 0 Å². The molecule has 2 aromatic rings. The number of nitrogens with zero attached hydrogens (tertiary/aromatic N) is 1. The summed E-state index contributed by atoms with van der Waals surface area (Å²) < 4.78 is 5.64. The van der Waals surface area contributed by atoms with Crippen molar-refractivity contribution in [1.29, 1.82) is 0 Å². The number of imide groups is 1. The van der Waals surface area contributed by atoms with Crippen LogP contribution in [0.2, 0.25) is 0 Å². The van der Waals surface area contributed by atoms with E-state index in [0.717, 1.165) is 17.3 Å². The molecule has 0 bridgehead atoms. The number of aryl methyl sites for hydroxylation is 1. The highest BCUT2D eigenvalue weighted by molar-refractivity contribution is 8.18. The minimum absolute atomic E-state index is 0.0256. The van der Waals surface area contributed by atoms with Gasteiger partial charge >= 0.3 is 0 Å². The highest BCUT2D eigenvalue weighted by Gasteiger charge is 2.25. The second-order valence-electron chi connectivity index (χ2n) is 5.25. The van der Waals surface area contributed by atoms with Crippen LogP contribution in [0.25, 0.3) is 17.4 Å². The predicted octanol–water partition coefficient (Wildman–Crippen LogP) is 3.80. The number of nitrogens with one attached hydrogen (secondary N) is 1. The summed E-state index contributed by atoms with van der Waals surface area (Å²) in [4.78, 5) is 33.6. The lowest BCUT2D eigenvalue weighted by molar-refractivity contribution is -0.385. The van der Waals surface area contributed by atoms with Crippen LogP contribution in [0.3, 0.4) is 0 Å². The van der Waals surface area contributed by atoms with Crippen molar-refractivity contribution in [2.75, 3.05) is 0 Å². The van der Waals surface area contributed by atoms with Crippen LogP contribution >= 0.6 is 11.8 Å². The van der Waals surface area contributed by atoms with Crippen LogP contribution in [-0.4, -0.2) is 16.1 Å². The topological polar surface area (TPSA) is 102 Å². The number of hydrogen-bond donors (Lipinski definition) is 1. The first kappa shape index (κ1) is 16.0. The number of carbonyl (C=O) groups excluding carboxylic acids is 2. The molecule has 7 nitrogen and oxygen atoms in total. The molecule has 1 fully saturated rings. The largest absolute Gasteiger partial charge is 0.457 e. The molecule has 0 saturated carbocycles. The fourth-order valence-electron chi connectivity index (χ4n) is 2.31. The number of thioether (sulfide) groups is 1. The van der Waals surface area contributed by atoms with Crippen LogP contribution in [0.4, 0.5) is 10.5 Å². The van der Waals surface area contributed by atoms with E-state index in [1.165, 1.54) is 12.1 Å². The Morgan fingerprint density at radius 2 is 2.00 bits per heavy atom. The zero-order valence-corrected chi connectivity index (χ0v) is 13.6. The Morgan fingerprint density at radius 1 is 1.25 bits per heavy atom. The van der Waals surface area contributed by atoms with E-state index in [-0.39, 0.29) is 10.6 Å². The molecule has 0 aliphatic carbocycles. The summed E-state index contributed by atoms with van der Waals surface area (Å²) in [5.41, 5.74) is 1.99. The Labute approximate surface area is 140 Å². The number of benzene rings is 1. The van der Waals surface area contributed by atoms with Crippen molar-refractivity contribution >= 4 is 34.7 Å². The quantitative estimate of drug-likeness (QED) is 0.516. The van der Waals surface area contributed by atoms with Crippen molar-refractivity contribution in [1.82, 2.24) is 5.32 Å². The predicted molar refractivity (Wildman–Crippen MR) is 89.4 cm³/mol. The van der Waals surface area contributed by atoms with Gasteiger partial charge in [0.25, 0.3) is 16.8 Å². The normalized spacial score (nSPS) is 15.8. The number of furan rings is 1. The van der Waals surface area contributed by atoms with Crippen molar-refractivity contribution in [3.05, 3.63) is 56.2 Å². The minimum Gasteiger partial charge on any atom is -0.457 e. The summed E-state index contributed by atoms with van der Waals surface area (Å²) in [5, 5.41) is 12.9. The lowest BCUT2D eigenvalue weighted by Gasteiger charge is -2.04. The third kappa shape index (κ3) is 2.95. The summed E-state index contributed by atoms with van der Waals surface area (Å²) in [6.45, 7) is 3.49. The van der Waals surface area contributed by atoms with Crippen LogP contribution in [-0.2, 0) is 4.79 Å². The maximum Gasteiger partial charge on any atom is 0.290 e. The first-order chi connectivity index (χ1) is 11.3. The van der Waals surface area contributed by atoms with Gasteiger partial charge in [-0.05, 0) is 49.4 Å². The molecule has 3 rings (SSSR count). The molecule has 0 radical (unpaired) electrons. The van der Waals surface area contributed by atoms with Gasteiger partial charge in [0, 0.05) is 23.3 Å². The summed E-state index contributed by atoms with van der Waals surface area (Å²) in [6.07, 6.45) is 1.46. The molecule has 2 heterocycles. The van der Waals surface area contributed by atoms with E-state index < -0.39 is 16.1 Å². The Kier molecular flexibility index (Phi) is 3.98. The van der Waals surface area contributed by atoms with Gasteiger partial charge in [-0.1, -0.05) is 0 Å². The van der Waals surface area contributed by atoms with Gasteiger partial charge in [0.05, 0.1) is 9.83 Å². The Bertz CT molecular complexity index is 913. The standard InChI is InChI=1S/C16H12N2O5S/c1-8-5-10(6-12(9(8)2)18(21)22)13-4-3-11(23-13)7-14-15(19)17-16(20)24-14/h3-7H,1-2H3,(H,17,19,20)/b14-7-.